The number of rotatable bonds is 7. The Kier molecular flexibility index (Phi) is 5.41. The normalized spacial score (nSPS) is 10.8. The second kappa shape index (κ2) is 8.28. The highest BCUT2D eigenvalue weighted by Crippen LogP contribution is 2.29. The number of pyridine rings is 1. The second-order valence-electron chi connectivity index (χ2n) is 5.74. The fourth-order valence-corrected chi connectivity index (χ4v) is 4.40. The van der Waals surface area contributed by atoms with E-state index < -0.39 is 0 Å². The summed E-state index contributed by atoms with van der Waals surface area (Å²) in [6, 6.07) is 14.1. The Morgan fingerprint density at radius 1 is 1.04 bits per heavy atom. The van der Waals surface area contributed by atoms with Crippen LogP contribution in [0.25, 0.3) is 22.0 Å². The van der Waals surface area contributed by atoms with Gasteiger partial charge in [-0.15, -0.1) is 28.1 Å². The molecule has 27 heavy (non-hydrogen) atoms. The number of aromatic nitrogens is 5. The number of nitrogens with zero attached hydrogens (tertiary/aromatic N) is 5. The quantitative estimate of drug-likeness (QED) is 0.330. The lowest BCUT2D eigenvalue weighted by Crippen LogP contribution is -2.00. The Bertz CT molecular complexity index is 1020. The van der Waals surface area contributed by atoms with Gasteiger partial charge in [0.1, 0.15) is 5.01 Å². The standard InChI is InChI=1S/C20H17N5S2/c1-2-12-25-18(15-8-10-21-11-9-15)23-24-20(25)27-14-17-13-26-19(22-17)16-6-4-3-5-7-16/h2-11,13H,1,12,14H2. The van der Waals surface area contributed by atoms with Crippen LogP contribution in [0.4, 0.5) is 0 Å². The molecule has 0 N–H and O–H groups in total. The third-order valence-electron chi connectivity index (χ3n) is 3.89. The van der Waals surface area contributed by atoms with Crippen molar-refractivity contribution in [2.45, 2.75) is 17.5 Å². The fourth-order valence-electron chi connectivity index (χ4n) is 2.63. The molecule has 1 aromatic carbocycles. The van der Waals surface area contributed by atoms with Gasteiger partial charge in [0.15, 0.2) is 11.0 Å². The molecular formula is C20H17N5S2. The molecule has 0 spiro atoms. The van der Waals surface area contributed by atoms with Gasteiger partial charge >= 0.3 is 0 Å². The molecule has 0 aliphatic rings. The topological polar surface area (TPSA) is 56.5 Å². The summed E-state index contributed by atoms with van der Waals surface area (Å²) in [4.78, 5) is 8.81. The van der Waals surface area contributed by atoms with Crippen molar-refractivity contribution >= 4 is 23.1 Å². The minimum atomic E-state index is 0.652. The SMILES string of the molecule is C=CCn1c(SCc2csc(-c3ccccc3)n2)nnc1-c1ccncc1. The van der Waals surface area contributed by atoms with Crippen molar-refractivity contribution in [1.29, 1.82) is 0 Å². The smallest absolute Gasteiger partial charge is 0.192 e. The summed E-state index contributed by atoms with van der Waals surface area (Å²) >= 11 is 3.30. The van der Waals surface area contributed by atoms with Gasteiger partial charge in [-0.05, 0) is 12.1 Å². The molecule has 0 saturated carbocycles. The maximum absolute atomic E-state index is 4.75. The van der Waals surface area contributed by atoms with Crippen LogP contribution in [-0.2, 0) is 12.3 Å². The molecule has 0 atom stereocenters. The van der Waals surface area contributed by atoms with Crippen LogP contribution < -0.4 is 0 Å². The van der Waals surface area contributed by atoms with E-state index in [1.54, 1.807) is 35.5 Å². The maximum Gasteiger partial charge on any atom is 0.192 e. The van der Waals surface area contributed by atoms with Gasteiger partial charge in [-0.25, -0.2) is 4.98 Å². The molecule has 4 aromatic rings. The molecule has 5 nitrogen and oxygen atoms in total. The highest BCUT2D eigenvalue weighted by atomic mass is 32.2. The van der Waals surface area contributed by atoms with Gasteiger partial charge in [0, 0.05) is 41.2 Å². The summed E-state index contributed by atoms with van der Waals surface area (Å²) in [5.41, 5.74) is 3.18. The monoisotopic (exact) mass is 391 g/mol. The predicted octanol–water partition coefficient (Wildman–Crippen LogP) is 4.94. The molecule has 4 rings (SSSR count). The maximum atomic E-state index is 4.75. The van der Waals surface area contributed by atoms with Crippen LogP contribution >= 0.6 is 23.1 Å². The van der Waals surface area contributed by atoms with Gasteiger partial charge in [-0.3, -0.25) is 9.55 Å². The summed E-state index contributed by atoms with van der Waals surface area (Å²) in [6.07, 6.45) is 5.37. The van der Waals surface area contributed by atoms with E-state index in [-0.39, 0.29) is 0 Å². The van der Waals surface area contributed by atoms with Crippen molar-refractivity contribution in [3.05, 3.63) is 78.6 Å². The molecule has 7 heteroatoms. The van der Waals surface area contributed by atoms with Gasteiger partial charge in [-0.2, -0.15) is 0 Å². The molecule has 0 aliphatic heterocycles. The lowest BCUT2D eigenvalue weighted by Gasteiger charge is -2.07. The molecule has 0 unspecified atom stereocenters. The van der Waals surface area contributed by atoms with Gasteiger partial charge in [0.05, 0.1) is 5.69 Å². The summed E-state index contributed by atoms with van der Waals surface area (Å²) in [6.45, 7) is 4.51. The van der Waals surface area contributed by atoms with Crippen LogP contribution in [0.1, 0.15) is 5.69 Å². The molecule has 0 amide bonds. The second-order valence-corrected chi connectivity index (χ2v) is 7.54. The minimum Gasteiger partial charge on any atom is -0.298 e. The van der Waals surface area contributed by atoms with E-state index in [1.165, 1.54) is 0 Å². The van der Waals surface area contributed by atoms with Gasteiger partial charge in [-0.1, -0.05) is 48.2 Å². The average molecular weight is 392 g/mol. The zero-order chi connectivity index (χ0) is 18.5. The Morgan fingerprint density at radius 3 is 2.63 bits per heavy atom. The highest BCUT2D eigenvalue weighted by Gasteiger charge is 2.14. The van der Waals surface area contributed by atoms with Crippen LogP contribution in [0, 0.1) is 0 Å². The lowest BCUT2D eigenvalue weighted by molar-refractivity contribution is 0.731. The summed E-state index contributed by atoms with van der Waals surface area (Å²) in [7, 11) is 0. The number of benzene rings is 1. The van der Waals surface area contributed by atoms with Crippen molar-refractivity contribution in [2.75, 3.05) is 0 Å². The van der Waals surface area contributed by atoms with E-state index in [9.17, 15) is 0 Å². The lowest BCUT2D eigenvalue weighted by atomic mass is 10.2. The van der Waals surface area contributed by atoms with Gasteiger partial charge in [0.2, 0.25) is 0 Å². The number of thiazole rings is 1. The van der Waals surface area contributed by atoms with E-state index >= 15 is 0 Å². The Labute approximate surface area is 165 Å². The highest BCUT2D eigenvalue weighted by molar-refractivity contribution is 7.98. The van der Waals surface area contributed by atoms with Crippen LogP contribution in [0.2, 0.25) is 0 Å². The Hall–Kier alpha value is -2.77. The molecule has 0 fully saturated rings. The van der Waals surface area contributed by atoms with E-state index in [2.05, 4.69) is 43.8 Å². The van der Waals surface area contributed by atoms with Crippen LogP contribution in [0.3, 0.4) is 0 Å². The van der Waals surface area contributed by atoms with E-state index in [1.807, 2.05) is 36.4 Å². The molecule has 3 heterocycles. The largest absolute Gasteiger partial charge is 0.298 e. The number of thioether (sulfide) groups is 1. The van der Waals surface area contributed by atoms with Crippen molar-refractivity contribution in [2.24, 2.45) is 0 Å². The fraction of sp³-hybridized carbons (Fsp3) is 0.100. The van der Waals surface area contributed by atoms with Crippen LogP contribution in [0.15, 0.2) is 78.0 Å². The third-order valence-corrected chi connectivity index (χ3v) is 5.83. The summed E-state index contributed by atoms with van der Waals surface area (Å²) in [5, 5.41) is 12.7. The van der Waals surface area contributed by atoms with Crippen LogP contribution in [-0.4, -0.2) is 24.7 Å². The van der Waals surface area contributed by atoms with Crippen molar-refractivity contribution in [3.63, 3.8) is 0 Å². The number of allylic oxidation sites excluding steroid dienone is 1. The van der Waals surface area contributed by atoms with Crippen LogP contribution in [0.5, 0.6) is 0 Å². The molecule has 0 bridgehead atoms. The first-order chi connectivity index (χ1) is 13.3. The average Bonchev–Trinajstić information content (AvgIpc) is 3.35. The van der Waals surface area contributed by atoms with Gasteiger partial charge in [0.25, 0.3) is 0 Å². The molecule has 0 saturated heterocycles. The van der Waals surface area contributed by atoms with Crippen molar-refractivity contribution in [3.8, 4) is 22.0 Å². The van der Waals surface area contributed by atoms with Gasteiger partial charge < -0.3 is 0 Å². The molecule has 0 aliphatic carbocycles. The van der Waals surface area contributed by atoms with Crippen molar-refractivity contribution in [1.82, 2.24) is 24.7 Å². The van der Waals surface area contributed by atoms with Crippen molar-refractivity contribution < 1.29 is 0 Å². The first-order valence-electron chi connectivity index (χ1n) is 8.42. The first kappa shape index (κ1) is 17.6. The molecule has 134 valence electrons. The van der Waals surface area contributed by atoms with E-state index in [0.29, 0.717) is 6.54 Å². The van der Waals surface area contributed by atoms with E-state index in [4.69, 9.17) is 4.98 Å². The molecule has 3 aromatic heterocycles. The molecular weight excluding hydrogens is 374 g/mol. The third kappa shape index (κ3) is 3.99. The first-order valence-corrected chi connectivity index (χ1v) is 10.3. The number of hydrogen-bond donors (Lipinski definition) is 0. The Morgan fingerprint density at radius 2 is 1.85 bits per heavy atom. The zero-order valence-electron chi connectivity index (χ0n) is 14.5. The zero-order valence-corrected chi connectivity index (χ0v) is 16.2. The Balaban J connectivity index is 1.53. The number of hydrogen-bond acceptors (Lipinski definition) is 6. The summed E-state index contributed by atoms with van der Waals surface area (Å²) in [5.74, 6) is 1.57. The molecule has 0 radical (unpaired) electrons. The predicted molar refractivity (Wildman–Crippen MR) is 111 cm³/mol. The van der Waals surface area contributed by atoms with E-state index in [0.717, 1.165) is 38.6 Å². The minimum absolute atomic E-state index is 0.652. The summed E-state index contributed by atoms with van der Waals surface area (Å²) < 4.78 is 2.07.